The van der Waals surface area contributed by atoms with Crippen LogP contribution < -0.4 is 11.3 Å². The summed E-state index contributed by atoms with van der Waals surface area (Å²) in [6, 6.07) is 5.95. The third-order valence-electron chi connectivity index (χ3n) is 3.03. The van der Waals surface area contributed by atoms with Crippen molar-refractivity contribution in [2.75, 3.05) is 0 Å². The maximum absolute atomic E-state index is 13.6. The van der Waals surface area contributed by atoms with Crippen molar-refractivity contribution in [3.8, 4) is 0 Å². The second-order valence-corrected chi connectivity index (χ2v) is 4.53. The molecule has 0 aliphatic rings. The normalized spacial score (nSPS) is 12.8. The smallest absolute Gasteiger partial charge is 0.169 e. The molecule has 3 aromatic rings. The summed E-state index contributed by atoms with van der Waals surface area (Å²) >= 11 is 0. The molecule has 2 heterocycles. The van der Waals surface area contributed by atoms with Crippen molar-refractivity contribution >= 4 is 11.0 Å². The number of rotatable bonds is 3. The Balaban J connectivity index is 2.07. The molecule has 1 aromatic carbocycles. The number of nitrogens with one attached hydrogen (secondary N) is 1. The largest absolute Gasteiger partial charge is 0.456 e. The number of nitrogens with two attached hydrogens (primary N) is 1. The van der Waals surface area contributed by atoms with Gasteiger partial charge < -0.3 is 4.42 Å². The summed E-state index contributed by atoms with van der Waals surface area (Å²) < 4.78 is 19.2. The van der Waals surface area contributed by atoms with Crippen molar-refractivity contribution in [1.82, 2.24) is 15.4 Å². The number of hydrazine groups is 1. The molecular weight excluding hydrogens is 259 g/mol. The quantitative estimate of drug-likeness (QED) is 0.564. The molecule has 0 aliphatic heterocycles. The topological polar surface area (TPSA) is 77.0 Å². The SMILES string of the molecule is Cc1cnc(C(NN)c2cc3cccc(F)c3o2)nc1. The molecule has 0 saturated carbocycles. The Bertz CT molecular complexity index is 739. The van der Waals surface area contributed by atoms with E-state index in [2.05, 4.69) is 15.4 Å². The molecule has 5 nitrogen and oxygen atoms in total. The predicted octanol–water partition coefficient (Wildman–Crippen LogP) is 2.22. The predicted molar refractivity (Wildman–Crippen MR) is 72.1 cm³/mol. The van der Waals surface area contributed by atoms with Gasteiger partial charge in [0.1, 0.15) is 11.8 Å². The number of furan rings is 1. The van der Waals surface area contributed by atoms with E-state index in [1.165, 1.54) is 6.07 Å². The molecule has 0 fully saturated rings. The van der Waals surface area contributed by atoms with Crippen LogP contribution >= 0.6 is 0 Å². The molecule has 0 spiro atoms. The van der Waals surface area contributed by atoms with Crippen LogP contribution in [0, 0.1) is 12.7 Å². The highest BCUT2D eigenvalue weighted by Gasteiger charge is 2.20. The van der Waals surface area contributed by atoms with Gasteiger partial charge in [-0.3, -0.25) is 5.84 Å². The van der Waals surface area contributed by atoms with Crippen LogP contribution in [0.15, 0.2) is 41.1 Å². The Morgan fingerprint density at radius 2 is 2.05 bits per heavy atom. The monoisotopic (exact) mass is 272 g/mol. The number of hydrogen-bond donors (Lipinski definition) is 2. The summed E-state index contributed by atoms with van der Waals surface area (Å²) in [5.41, 5.74) is 3.74. The average Bonchev–Trinajstić information content (AvgIpc) is 2.87. The fraction of sp³-hybridized carbons (Fsp3) is 0.143. The van der Waals surface area contributed by atoms with Crippen LogP contribution in [-0.4, -0.2) is 9.97 Å². The number of nitrogens with zero attached hydrogens (tertiary/aromatic N) is 2. The van der Waals surface area contributed by atoms with Gasteiger partial charge in [-0.25, -0.2) is 19.8 Å². The Hall–Kier alpha value is -2.31. The van der Waals surface area contributed by atoms with Crippen molar-refractivity contribution in [1.29, 1.82) is 0 Å². The Morgan fingerprint density at radius 3 is 2.70 bits per heavy atom. The third kappa shape index (κ3) is 2.15. The molecule has 3 N–H and O–H groups in total. The summed E-state index contributed by atoms with van der Waals surface area (Å²) in [5.74, 6) is 6.08. The first-order valence-corrected chi connectivity index (χ1v) is 6.11. The lowest BCUT2D eigenvalue weighted by Crippen LogP contribution is -2.30. The van der Waals surface area contributed by atoms with E-state index in [4.69, 9.17) is 10.3 Å². The summed E-state index contributed by atoms with van der Waals surface area (Å²) in [6.45, 7) is 1.89. The molecule has 6 heteroatoms. The highest BCUT2D eigenvalue weighted by molar-refractivity contribution is 5.78. The van der Waals surface area contributed by atoms with Gasteiger partial charge in [-0.05, 0) is 24.6 Å². The van der Waals surface area contributed by atoms with Crippen LogP contribution in [0.2, 0.25) is 0 Å². The standard InChI is InChI=1S/C14H13FN4O/c1-8-6-17-14(18-7-8)12(19-16)11-5-9-3-2-4-10(15)13(9)20-11/h2-7,12,19H,16H2,1H3. The molecule has 102 valence electrons. The number of aryl methyl sites for hydroxylation is 1. The lowest BCUT2D eigenvalue weighted by molar-refractivity contribution is 0.453. The lowest BCUT2D eigenvalue weighted by Gasteiger charge is -2.11. The van der Waals surface area contributed by atoms with E-state index >= 15 is 0 Å². The van der Waals surface area contributed by atoms with Crippen molar-refractivity contribution < 1.29 is 8.81 Å². The minimum Gasteiger partial charge on any atom is -0.456 e. The highest BCUT2D eigenvalue weighted by Crippen LogP contribution is 2.27. The van der Waals surface area contributed by atoms with Gasteiger partial charge in [0.25, 0.3) is 0 Å². The summed E-state index contributed by atoms with van der Waals surface area (Å²) in [6.07, 6.45) is 3.38. The number of para-hydroxylation sites is 1. The van der Waals surface area contributed by atoms with Gasteiger partial charge in [-0.2, -0.15) is 0 Å². The van der Waals surface area contributed by atoms with Gasteiger partial charge in [-0.1, -0.05) is 12.1 Å². The molecule has 0 bridgehead atoms. The van der Waals surface area contributed by atoms with Crippen molar-refractivity contribution in [2.45, 2.75) is 13.0 Å². The van der Waals surface area contributed by atoms with E-state index in [-0.39, 0.29) is 5.58 Å². The van der Waals surface area contributed by atoms with E-state index in [0.29, 0.717) is 17.0 Å². The number of aromatic nitrogens is 2. The second-order valence-electron chi connectivity index (χ2n) is 4.53. The Morgan fingerprint density at radius 1 is 1.30 bits per heavy atom. The Labute approximate surface area is 114 Å². The maximum atomic E-state index is 13.6. The zero-order chi connectivity index (χ0) is 14.1. The van der Waals surface area contributed by atoms with Crippen molar-refractivity contribution in [3.05, 3.63) is 59.6 Å². The molecule has 0 radical (unpaired) electrons. The molecule has 0 aliphatic carbocycles. The molecule has 1 unspecified atom stereocenters. The zero-order valence-electron chi connectivity index (χ0n) is 10.8. The minimum atomic E-state index is -0.526. The number of hydrogen-bond acceptors (Lipinski definition) is 5. The lowest BCUT2D eigenvalue weighted by atomic mass is 10.2. The van der Waals surface area contributed by atoms with E-state index in [0.717, 1.165) is 5.56 Å². The van der Waals surface area contributed by atoms with Crippen LogP contribution in [0.4, 0.5) is 4.39 Å². The number of halogens is 1. The van der Waals surface area contributed by atoms with Crippen LogP contribution in [0.1, 0.15) is 23.2 Å². The Kier molecular flexibility index (Phi) is 3.17. The fourth-order valence-electron chi connectivity index (χ4n) is 2.03. The summed E-state index contributed by atoms with van der Waals surface area (Å²) in [4.78, 5) is 8.42. The number of fused-ring (bicyclic) bond motifs is 1. The van der Waals surface area contributed by atoms with Gasteiger partial charge in [0.05, 0.1) is 0 Å². The molecular formula is C14H13FN4O. The highest BCUT2D eigenvalue weighted by atomic mass is 19.1. The molecule has 20 heavy (non-hydrogen) atoms. The van der Waals surface area contributed by atoms with Gasteiger partial charge in [0.2, 0.25) is 0 Å². The van der Waals surface area contributed by atoms with E-state index in [1.807, 2.05) is 6.92 Å². The van der Waals surface area contributed by atoms with Crippen molar-refractivity contribution in [2.24, 2.45) is 5.84 Å². The zero-order valence-corrected chi connectivity index (χ0v) is 10.8. The first kappa shape index (κ1) is 12.7. The van der Waals surface area contributed by atoms with Crippen LogP contribution in [0.25, 0.3) is 11.0 Å². The average molecular weight is 272 g/mol. The summed E-state index contributed by atoms with van der Waals surface area (Å²) in [5, 5.41) is 0.673. The molecule has 0 saturated heterocycles. The van der Waals surface area contributed by atoms with Gasteiger partial charge >= 0.3 is 0 Å². The van der Waals surface area contributed by atoms with Crippen molar-refractivity contribution in [3.63, 3.8) is 0 Å². The van der Waals surface area contributed by atoms with Gasteiger partial charge in [0, 0.05) is 17.8 Å². The van der Waals surface area contributed by atoms with Crippen LogP contribution in [0.5, 0.6) is 0 Å². The van der Waals surface area contributed by atoms with E-state index < -0.39 is 11.9 Å². The molecule has 3 rings (SSSR count). The maximum Gasteiger partial charge on any atom is 0.169 e. The molecule has 1 atom stereocenters. The van der Waals surface area contributed by atoms with E-state index in [9.17, 15) is 4.39 Å². The fourth-order valence-corrected chi connectivity index (χ4v) is 2.03. The molecule has 2 aromatic heterocycles. The van der Waals surface area contributed by atoms with E-state index in [1.54, 1.807) is 30.6 Å². The van der Waals surface area contributed by atoms with Gasteiger partial charge in [-0.15, -0.1) is 0 Å². The summed E-state index contributed by atoms with van der Waals surface area (Å²) in [7, 11) is 0. The van der Waals surface area contributed by atoms with Crippen LogP contribution in [-0.2, 0) is 0 Å². The minimum absolute atomic E-state index is 0.204. The molecule has 0 amide bonds. The van der Waals surface area contributed by atoms with Crippen LogP contribution in [0.3, 0.4) is 0 Å². The number of benzene rings is 1. The first-order chi connectivity index (χ1) is 9.69. The third-order valence-corrected chi connectivity index (χ3v) is 3.03. The van der Waals surface area contributed by atoms with Gasteiger partial charge in [0.15, 0.2) is 17.2 Å². The first-order valence-electron chi connectivity index (χ1n) is 6.11. The second kappa shape index (κ2) is 4.99.